The Morgan fingerprint density at radius 1 is 1.25 bits per heavy atom. The molecule has 0 aromatic heterocycles. The minimum Gasteiger partial charge on any atom is -0.455 e. The molecule has 0 aliphatic rings. The Balaban J connectivity index is 2.57. The molecule has 0 amide bonds. The van der Waals surface area contributed by atoms with Crippen LogP contribution in [0.3, 0.4) is 0 Å². The lowest BCUT2D eigenvalue weighted by atomic mass is 10.4. The third-order valence-corrected chi connectivity index (χ3v) is 3.04. The van der Waals surface area contributed by atoms with Crippen LogP contribution in [0.4, 0.5) is 4.39 Å². The van der Waals surface area contributed by atoms with Gasteiger partial charge in [-0.1, -0.05) is 16.9 Å². The van der Waals surface area contributed by atoms with Gasteiger partial charge in [-0.15, -0.1) is 0 Å². The maximum atomic E-state index is 12.7. The molecule has 88 valence electrons. The minimum atomic E-state index is -1.61. The van der Waals surface area contributed by atoms with Crippen LogP contribution in [0.1, 0.15) is 6.92 Å². The van der Waals surface area contributed by atoms with Gasteiger partial charge in [-0.2, -0.15) is 0 Å². The molecule has 0 atom stereocenters. The van der Waals surface area contributed by atoms with Crippen molar-refractivity contribution in [2.45, 2.75) is 31.5 Å². The van der Waals surface area contributed by atoms with Crippen LogP contribution in [0.5, 0.6) is 0 Å². The van der Waals surface area contributed by atoms with Gasteiger partial charge in [0.1, 0.15) is 10.9 Å². The second-order valence-corrected chi connectivity index (χ2v) is 10.0. The molecule has 1 aromatic carbocycles. The van der Waals surface area contributed by atoms with E-state index in [-0.39, 0.29) is 5.82 Å². The van der Waals surface area contributed by atoms with E-state index in [0.29, 0.717) is 0 Å². The predicted octanol–water partition coefficient (Wildman–Crippen LogP) is 4.10. The van der Waals surface area contributed by atoms with Crippen LogP contribution >= 0.6 is 11.8 Å². The zero-order valence-electron chi connectivity index (χ0n) is 9.95. The normalized spacial score (nSPS) is 12.7. The Labute approximate surface area is 101 Å². The van der Waals surface area contributed by atoms with Gasteiger partial charge in [0.05, 0.1) is 0 Å². The highest BCUT2D eigenvalue weighted by molar-refractivity contribution is 8.13. The molecule has 1 aromatic rings. The second kappa shape index (κ2) is 5.50. The first-order valence-corrected chi connectivity index (χ1v) is 9.25. The molecule has 0 aliphatic heterocycles. The summed E-state index contributed by atoms with van der Waals surface area (Å²) in [5.74, 6) is -0.225. The Bertz CT molecular complexity index is 373. The minimum absolute atomic E-state index is 0.225. The van der Waals surface area contributed by atoms with Crippen LogP contribution in [-0.2, 0) is 4.53 Å². The highest BCUT2D eigenvalue weighted by Gasteiger charge is 2.15. The van der Waals surface area contributed by atoms with Gasteiger partial charge in [0.15, 0.2) is 0 Å². The van der Waals surface area contributed by atoms with E-state index in [9.17, 15) is 4.39 Å². The van der Waals surface area contributed by atoms with E-state index in [1.54, 1.807) is 12.1 Å². The number of benzene rings is 1. The lowest BCUT2D eigenvalue weighted by Gasteiger charge is -2.13. The second-order valence-electron chi connectivity index (χ2n) is 4.37. The molecule has 0 unspecified atom stereocenters. The van der Waals surface area contributed by atoms with Gasteiger partial charge in [-0.25, -0.2) is 4.39 Å². The van der Waals surface area contributed by atoms with Crippen LogP contribution in [-0.4, -0.2) is 13.4 Å². The first-order valence-electron chi connectivity index (χ1n) is 5.03. The molecule has 0 spiro atoms. The van der Waals surface area contributed by atoms with Crippen molar-refractivity contribution < 1.29 is 8.92 Å². The fourth-order valence-electron chi connectivity index (χ4n) is 0.893. The molecule has 16 heavy (non-hydrogen) atoms. The molecular weight excluding hydrogens is 241 g/mol. The predicted molar refractivity (Wildman–Crippen MR) is 69.8 cm³/mol. The molecule has 0 aliphatic carbocycles. The molecule has 0 bridgehead atoms. The van der Waals surface area contributed by atoms with Gasteiger partial charge in [0.25, 0.3) is 8.32 Å². The third kappa shape index (κ3) is 5.32. The smallest absolute Gasteiger partial charge is 0.278 e. The maximum Gasteiger partial charge on any atom is 0.278 e. The molecule has 2 nitrogen and oxygen atoms in total. The molecule has 5 heteroatoms. The average Bonchev–Trinajstić information content (AvgIpc) is 2.18. The van der Waals surface area contributed by atoms with Crippen LogP contribution in [0.15, 0.2) is 34.3 Å². The maximum absolute atomic E-state index is 12.7. The SMILES string of the molecule is C/C(=N\O[Si](C)(C)C)Sc1ccc(F)cc1. The van der Waals surface area contributed by atoms with Crippen molar-refractivity contribution in [1.29, 1.82) is 0 Å². The van der Waals surface area contributed by atoms with Gasteiger partial charge in [0, 0.05) is 4.90 Å². The van der Waals surface area contributed by atoms with Crippen molar-refractivity contribution in [1.82, 2.24) is 0 Å². The van der Waals surface area contributed by atoms with Crippen molar-refractivity contribution in [3.05, 3.63) is 30.1 Å². The zero-order chi connectivity index (χ0) is 12.2. The third-order valence-electron chi connectivity index (χ3n) is 1.53. The molecule has 0 N–H and O–H groups in total. The molecule has 1 rings (SSSR count). The van der Waals surface area contributed by atoms with Gasteiger partial charge in [-0.05, 0) is 50.8 Å². The van der Waals surface area contributed by atoms with E-state index < -0.39 is 8.32 Å². The Kier molecular flexibility index (Phi) is 4.55. The van der Waals surface area contributed by atoms with Crippen molar-refractivity contribution in [2.24, 2.45) is 5.16 Å². The highest BCUT2D eigenvalue weighted by Crippen LogP contribution is 2.20. The lowest BCUT2D eigenvalue weighted by molar-refractivity contribution is 0.336. The number of rotatable bonds is 3. The largest absolute Gasteiger partial charge is 0.455 e. The van der Waals surface area contributed by atoms with Crippen LogP contribution in [0, 0.1) is 5.82 Å². The van der Waals surface area contributed by atoms with Crippen molar-refractivity contribution >= 4 is 25.1 Å². The number of hydrogen-bond acceptors (Lipinski definition) is 3. The van der Waals surface area contributed by atoms with E-state index in [1.165, 1.54) is 23.9 Å². The van der Waals surface area contributed by atoms with E-state index in [1.807, 2.05) is 6.92 Å². The first-order chi connectivity index (χ1) is 7.37. The summed E-state index contributed by atoms with van der Waals surface area (Å²) in [5, 5.41) is 4.89. The van der Waals surface area contributed by atoms with Crippen molar-refractivity contribution in [3.8, 4) is 0 Å². The molecule has 0 fully saturated rings. The molecule has 0 saturated heterocycles. The van der Waals surface area contributed by atoms with Crippen molar-refractivity contribution in [2.75, 3.05) is 0 Å². The van der Waals surface area contributed by atoms with Gasteiger partial charge in [0.2, 0.25) is 0 Å². The monoisotopic (exact) mass is 257 g/mol. The van der Waals surface area contributed by atoms with E-state index in [4.69, 9.17) is 4.53 Å². The fourth-order valence-corrected chi connectivity index (χ4v) is 2.06. The summed E-state index contributed by atoms with van der Waals surface area (Å²) >= 11 is 1.47. The van der Waals surface area contributed by atoms with Gasteiger partial charge >= 0.3 is 0 Å². The lowest BCUT2D eigenvalue weighted by Crippen LogP contribution is -2.22. The van der Waals surface area contributed by atoms with Crippen LogP contribution in [0.25, 0.3) is 0 Å². The summed E-state index contributed by atoms with van der Waals surface area (Å²) < 4.78 is 18.1. The van der Waals surface area contributed by atoms with E-state index in [2.05, 4.69) is 24.8 Å². The summed E-state index contributed by atoms with van der Waals surface area (Å²) in [6, 6.07) is 6.34. The zero-order valence-corrected chi connectivity index (χ0v) is 11.8. The quantitative estimate of drug-likeness (QED) is 0.267. The molecule has 0 saturated carbocycles. The van der Waals surface area contributed by atoms with Gasteiger partial charge in [-0.3, -0.25) is 0 Å². The number of oxime groups is 1. The highest BCUT2D eigenvalue weighted by atomic mass is 32.2. The van der Waals surface area contributed by atoms with Gasteiger partial charge < -0.3 is 4.53 Å². The summed E-state index contributed by atoms with van der Waals surface area (Å²) in [6.07, 6.45) is 0. The average molecular weight is 257 g/mol. The summed E-state index contributed by atoms with van der Waals surface area (Å²) in [4.78, 5) is 0.960. The molecule has 0 radical (unpaired) electrons. The number of nitrogens with zero attached hydrogens (tertiary/aromatic N) is 1. The Hall–Kier alpha value is -0.813. The summed E-state index contributed by atoms with van der Waals surface area (Å²) in [7, 11) is -1.61. The summed E-state index contributed by atoms with van der Waals surface area (Å²) in [6.45, 7) is 8.11. The first kappa shape index (κ1) is 13.3. The standard InChI is InChI=1S/C11H16FNOSSi/c1-9(13-14-16(2,3)4)15-11-7-5-10(12)6-8-11/h5-8H,1-4H3/b13-9+. The molecule has 0 heterocycles. The Morgan fingerprint density at radius 3 is 2.31 bits per heavy atom. The number of halogens is 1. The number of thioether (sulfide) groups is 1. The van der Waals surface area contributed by atoms with Crippen molar-refractivity contribution in [3.63, 3.8) is 0 Å². The Morgan fingerprint density at radius 2 is 1.81 bits per heavy atom. The van der Waals surface area contributed by atoms with Crippen LogP contribution in [0.2, 0.25) is 19.6 Å². The van der Waals surface area contributed by atoms with Crippen LogP contribution < -0.4 is 0 Å². The van der Waals surface area contributed by atoms with E-state index in [0.717, 1.165) is 9.94 Å². The fraction of sp³-hybridized carbons (Fsp3) is 0.364. The topological polar surface area (TPSA) is 21.6 Å². The number of hydrogen-bond donors (Lipinski definition) is 0. The van der Waals surface area contributed by atoms with E-state index >= 15 is 0 Å². The summed E-state index contributed by atoms with van der Waals surface area (Å²) in [5.41, 5.74) is 0. The molecular formula is C11H16FNOSSi.